The molecule has 0 unspecified atom stereocenters. The van der Waals surface area contributed by atoms with Crippen LogP contribution in [0.3, 0.4) is 0 Å². The van der Waals surface area contributed by atoms with Crippen LogP contribution in [0.4, 0.5) is 8.78 Å². The van der Waals surface area contributed by atoms with Gasteiger partial charge in [0, 0.05) is 3.57 Å². The molecule has 0 amide bonds. The zero-order valence-corrected chi connectivity index (χ0v) is 21.1. The van der Waals surface area contributed by atoms with E-state index in [0.29, 0.717) is 5.75 Å². The molecule has 156 valence electrons. The fourth-order valence-corrected chi connectivity index (χ4v) is 5.83. The average Bonchev–Trinajstić information content (AvgIpc) is 2.61. The Morgan fingerprint density at radius 1 is 0.966 bits per heavy atom. The van der Waals surface area contributed by atoms with E-state index in [-0.39, 0.29) is 11.1 Å². The Labute approximate surface area is 204 Å². The lowest BCUT2D eigenvalue weighted by molar-refractivity contribution is -0.00997. The van der Waals surface area contributed by atoms with Crippen LogP contribution in [0.1, 0.15) is 20.7 Å². The van der Waals surface area contributed by atoms with Gasteiger partial charge in [0.15, 0.2) is 22.5 Å². The van der Waals surface area contributed by atoms with Gasteiger partial charge < -0.3 is 14.0 Å². The standard InChI is InChI=1S/C16H9F2I3O7S/c17-16(18,29(24,25)26)7-27-14(22)8-1-3-9(4-2-8)15(23)28-13-11(20)5-10(19)6-12(13)21/h1-6H,7H2,(H,24,25,26)/p-1. The van der Waals surface area contributed by atoms with Crippen LogP contribution in [0, 0.1) is 10.7 Å². The zero-order valence-electron chi connectivity index (χ0n) is 13.8. The molecular formula is C16H8F2I3O7S-. The van der Waals surface area contributed by atoms with Gasteiger partial charge in [-0.15, -0.1) is 0 Å². The van der Waals surface area contributed by atoms with Gasteiger partial charge in [-0.3, -0.25) is 0 Å². The van der Waals surface area contributed by atoms with Crippen molar-refractivity contribution in [2.45, 2.75) is 5.25 Å². The summed E-state index contributed by atoms with van der Waals surface area (Å²) in [5, 5.41) is -4.74. The summed E-state index contributed by atoms with van der Waals surface area (Å²) in [5.41, 5.74) is -0.141. The van der Waals surface area contributed by atoms with E-state index in [4.69, 9.17) is 4.74 Å². The molecule has 0 radical (unpaired) electrons. The molecule has 0 aliphatic heterocycles. The monoisotopic (exact) mass is 763 g/mol. The SMILES string of the molecule is O=C(OCC(F)(F)S(=O)(=O)[O-])c1ccc(C(=O)Oc2c(I)cc(I)cc2I)cc1. The second-order valence-electron chi connectivity index (χ2n) is 5.33. The first-order valence-electron chi connectivity index (χ1n) is 7.29. The molecule has 2 aromatic carbocycles. The van der Waals surface area contributed by atoms with Crippen molar-refractivity contribution >= 4 is 89.8 Å². The van der Waals surface area contributed by atoms with Gasteiger partial charge >= 0.3 is 17.2 Å². The molecule has 0 N–H and O–H groups in total. The number of esters is 2. The van der Waals surface area contributed by atoms with Crippen LogP contribution in [0.25, 0.3) is 0 Å². The number of hydrogen-bond donors (Lipinski definition) is 0. The number of alkyl halides is 2. The number of benzene rings is 2. The smallest absolute Gasteiger partial charge is 0.367 e. The Bertz CT molecular complexity index is 1030. The van der Waals surface area contributed by atoms with Gasteiger partial charge in [-0.05, 0) is 104 Å². The molecule has 29 heavy (non-hydrogen) atoms. The quantitative estimate of drug-likeness (QED) is 0.190. The van der Waals surface area contributed by atoms with Crippen molar-refractivity contribution in [3.05, 3.63) is 58.2 Å². The molecule has 2 aromatic rings. The maximum atomic E-state index is 13.0. The molecule has 0 saturated carbocycles. The molecule has 0 aromatic heterocycles. The zero-order chi connectivity index (χ0) is 22.0. The molecule has 2 rings (SSSR count). The number of ether oxygens (including phenoxy) is 2. The van der Waals surface area contributed by atoms with E-state index < -0.39 is 33.9 Å². The Hall–Kier alpha value is -0.660. The van der Waals surface area contributed by atoms with Crippen LogP contribution < -0.4 is 4.74 Å². The number of carbonyl (C=O) groups excluding carboxylic acids is 2. The van der Waals surface area contributed by atoms with E-state index in [2.05, 4.69) is 27.3 Å². The van der Waals surface area contributed by atoms with Crippen LogP contribution in [-0.2, 0) is 14.9 Å². The normalized spacial score (nSPS) is 11.8. The summed E-state index contributed by atoms with van der Waals surface area (Å²) >= 11 is 6.18. The molecule has 0 bridgehead atoms. The molecular weight excluding hydrogens is 755 g/mol. The number of carbonyl (C=O) groups is 2. The van der Waals surface area contributed by atoms with Gasteiger partial charge in [0.1, 0.15) is 0 Å². The summed E-state index contributed by atoms with van der Waals surface area (Å²) < 4.78 is 69.2. The molecule has 13 heteroatoms. The van der Waals surface area contributed by atoms with Gasteiger partial charge in [0.2, 0.25) is 0 Å². The highest BCUT2D eigenvalue weighted by molar-refractivity contribution is 14.1. The van der Waals surface area contributed by atoms with Gasteiger partial charge in [0.25, 0.3) is 0 Å². The van der Waals surface area contributed by atoms with Gasteiger partial charge in [-0.2, -0.15) is 8.78 Å². The van der Waals surface area contributed by atoms with Crippen LogP contribution >= 0.6 is 67.8 Å². The summed E-state index contributed by atoms with van der Waals surface area (Å²) in [5.74, 6) is -1.61. The number of halogens is 5. The highest BCUT2D eigenvalue weighted by Crippen LogP contribution is 2.30. The first-order chi connectivity index (χ1) is 13.3. The predicted octanol–water partition coefficient (Wildman–Crippen LogP) is 4.01. The van der Waals surface area contributed by atoms with Gasteiger partial charge in [-0.25, -0.2) is 18.0 Å². The Morgan fingerprint density at radius 3 is 1.86 bits per heavy atom. The third-order valence-corrected chi connectivity index (χ3v) is 6.33. The highest BCUT2D eigenvalue weighted by Gasteiger charge is 2.39. The topological polar surface area (TPSA) is 110 Å². The van der Waals surface area contributed by atoms with Crippen molar-refractivity contribution in [1.29, 1.82) is 0 Å². The number of hydrogen-bond acceptors (Lipinski definition) is 7. The van der Waals surface area contributed by atoms with E-state index in [1.54, 1.807) is 0 Å². The highest BCUT2D eigenvalue weighted by atomic mass is 127. The summed E-state index contributed by atoms with van der Waals surface area (Å²) in [6.07, 6.45) is 0. The summed E-state index contributed by atoms with van der Waals surface area (Å²) in [6, 6.07) is 8.31. The predicted molar refractivity (Wildman–Crippen MR) is 121 cm³/mol. The minimum atomic E-state index is -5.96. The summed E-state index contributed by atoms with van der Waals surface area (Å²) in [7, 11) is -5.96. The second-order valence-corrected chi connectivity index (χ2v) is 10.4. The molecule has 0 spiro atoms. The van der Waals surface area contributed by atoms with Crippen LogP contribution in [0.15, 0.2) is 36.4 Å². The van der Waals surface area contributed by atoms with Crippen molar-refractivity contribution in [3.8, 4) is 5.75 Å². The van der Waals surface area contributed by atoms with Crippen molar-refractivity contribution in [2.75, 3.05) is 6.61 Å². The second kappa shape index (κ2) is 9.65. The molecule has 0 aliphatic carbocycles. The lowest BCUT2D eigenvalue weighted by Crippen LogP contribution is -2.34. The third-order valence-electron chi connectivity index (χ3n) is 3.25. The van der Waals surface area contributed by atoms with Crippen molar-refractivity contribution in [2.24, 2.45) is 0 Å². The average molecular weight is 763 g/mol. The third kappa shape index (κ3) is 6.41. The van der Waals surface area contributed by atoms with Crippen molar-refractivity contribution in [3.63, 3.8) is 0 Å². The van der Waals surface area contributed by atoms with E-state index in [9.17, 15) is 31.3 Å². The maximum Gasteiger partial charge on any atom is 0.367 e. The first-order valence-corrected chi connectivity index (χ1v) is 11.9. The van der Waals surface area contributed by atoms with Crippen molar-refractivity contribution in [1.82, 2.24) is 0 Å². The number of rotatable bonds is 6. The van der Waals surface area contributed by atoms with E-state index in [1.165, 1.54) is 12.1 Å². The Morgan fingerprint density at radius 2 is 1.41 bits per heavy atom. The minimum Gasteiger partial charge on any atom is -0.743 e. The van der Waals surface area contributed by atoms with Crippen molar-refractivity contribution < 1.29 is 40.8 Å². The molecule has 0 saturated heterocycles. The van der Waals surface area contributed by atoms with Crippen LogP contribution in [0.2, 0.25) is 0 Å². The Balaban J connectivity index is 2.08. The Kier molecular flexibility index (Phi) is 8.19. The van der Waals surface area contributed by atoms with Crippen LogP contribution in [-0.4, -0.2) is 36.8 Å². The van der Waals surface area contributed by atoms with Crippen LogP contribution in [0.5, 0.6) is 5.75 Å². The fourth-order valence-electron chi connectivity index (χ4n) is 1.83. The van der Waals surface area contributed by atoms with Gasteiger partial charge in [0.05, 0.1) is 18.3 Å². The molecule has 0 aliphatic rings. The van der Waals surface area contributed by atoms with E-state index >= 15 is 0 Å². The lowest BCUT2D eigenvalue weighted by atomic mass is 10.1. The first kappa shape index (κ1) is 24.6. The fraction of sp³-hybridized carbons (Fsp3) is 0.125. The van der Waals surface area contributed by atoms with E-state index in [0.717, 1.165) is 22.8 Å². The summed E-state index contributed by atoms with van der Waals surface area (Å²) in [6.45, 7) is -1.91. The molecule has 0 atom stereocenters. The molecule has 7 nitrogen and oxygen atoms in total. The minimum absolute atomic E-state index is 0.0826. The largest absolute Gasteiger partial charge is 0.743 e. The molecule has 0 fully saturated rings. The lowest BCUT2D eigenvalue weighted by Gasteiger charge is -2.19. The van der Waals surface area contributed by atoms with E-state index in [1.807, 2.05) is 57.3 Å². The maximum absolute atomic E-state index is 13.0. The summed E-state index contributed by atoms with van der Waals surface area (Å²) in [4.78, 5) is 24.0. The molecule has 0 heterocycles. The van der Waals surface area contributed by atoms with Gasteiger partial charge in [-0.1, -0.05) is 0 Å².